The number of carbonyl (C=O) groups is 1. The lowest BCUT2D eigenvalue weighted by molar-refractivity contribution is -0.132. The van der Waals surface area contributed by atoms with E-state index in [0.717, 1.165) is 11.8 Å². The Kier molecular flexibility index (Phi) is 4.02. The average molecular weight is 330 g/mol. The third-order valence-corrected chi connectivity index (χ3v) is 5.92. The molecular formula is C19H23FN2O2. The van der Waals surface area contributed by atoms with Gasteiger partial charge in [0.25, 0.3) is 5.91 Å². The monoisotopic (exact) mass is 330 g/mol. The fourth-order valence-electron chi connectivity index (χ4n) is 4.69. The minimum Gasteiger partial charge on any atom is -0.382 e. The Morgan fingerprint density at radius 3 is 2.96 bits per heavy atom. The average Bonchev–Trinajstić information content (AvgIpc) is 3.31. The van der Waals surface area contributed by atoms with E-state index in [0.29, 0.717) is 23.6 Å². The number of halogens is 1. The normalized spacial score (nSPS) is 32.3. The van der Waals surface area contributed by atoms with Crippen molar-refractivity contribution in [3.8, 4) is 0 Å². The van der Waals surface area contributed by atoms with Gasteiger partial charge in [0.05, 0.1) is 5.71 Å². The minimum atomic E-state index is -0.607. The lowest BCUT2D eigenvalue weighted by Crippen LogP contribution is -2.44. The van der Waals surface area contributed by atoms with Crippen LogP contribution < -0.4 is 5.32 Å². The number of benzene rings is 1. The number of nitrogens with one attached hydrogen (secondary N) is 1. The van der Waals surface area contributed by atoms with Crippen molar-refractivity contribution >= 4 is 11.6 Å². The first-order valence-electron chi connectivity index (χ1n) is 8.89. The van der Waals surface area contributed by atoms with E-state index < -0.39 is 6.10 Å². The number of nitrogens with zero attached hydrogens (tertiary/aromatic N) is 1. The molecule has 3 aliphatic rings. The number of rotatable bonds is 4. The van der Waals surface area contributed by atoms with Crippen molar-refractivity contribution in [1.82, 2.24) is 5.32 Å². The molecule has 0 radical (unpaired) electrons. The first-order chi connectivity index (χ1) is 11.6. The highest BCUT2D eigenvalue weighted by Gasteiger charge is 2.42. The van der Waals surface area contributed by atoms with Crippen LogP contribution in [0.2, 0.25) is 0 Å². The van der Waals surface area contributed by atoms with Crippen molar-refractivity contribution in [1.29, 1.82) is 0 Å². The summed E-state index contributed by atoms with van der Waals surface area (Å²) < 4.78 is 13.3. The highest BCUT2D eigenvalue weighted by atomic mass is 19.1. The summed E-state index contributed by atoms with van der Waals surface area (Å²) in [5.41, 5.74) is 1.30. The van der Waals surface area contributed by atoms with Crippen molar-refractivity contribution in [2.45, 2.75) is 51.2 Å². The zero-order valence-electron chi connectivity index (χ0n) is 13.9. The summed E-state index contributed by atoms with van der Waals surface area (Å²) in [6.45, 7) is 2.10. The second-order valence-electron chi connectivity index (χ2n) is 7.48. The lowest BCUT2D eigenvalue weighted by Gasteiger charge is -2.29. The van der Waals surface area contributed by atoms with Crippen molar-refractivity contribution in [2.24, 2.45) is 22.9 Å². The third kappa shape index (κ3) is 2.92. The molecule has 1 aromatic rings. The highest BCUT2D eigenvalue weighted by Crippen LogP contribution is 2.49. The summed E-state index contributed by atoms with van der Waals surface area (Å²) in [4.78, 5) is 17.8. The fourth-order valence-corrected chi connectivity index (χ4v) is 4.69. The smallest absolute Gasteiger partial charge is 0.264 e. The van der Waals surface area contributed by atoms with Gasteiger partial charge in [-0.2, -0.15) is 0 Å². The zero-order chi connectivity index (χ0) is 16.7. The number of oxime groups is 1. The molecule has 24 heavy (non-hydrogen) atoms. The Hall–Kier alpha value is -1.91. The number of hydrogen-bond acceptors (Lipinski definition) is 3. The predicted octanol–water partition coefficient (Wildman–Crippen LogP) is 3.26. The maximum atomic E-state index is 13.3. The van der Waals surface area contributed by atoms with Crippen LogP contribution in [-0.4, -0.2) is 23.8 Å². The molecule has 1 aliphatic heterocycles. The first-order valence-corrected chi connectivity index (χ1v) is 8.89. The molecule has 4 rings (SSSR count). The Morgan fingerprint density at radius 1 is 1.38 bits per heavy atom. The summed E-state index contributed by atoms with van der Waals surface area (Å²) in [5, 5.41) is 7.10. The van der Waals surface area contributed by atoms with E-state index in [1.54, 1.807) is 12.1 Å². The Morgan fingerprint density at radius 2 is 2.25 bits per heavy atom. The molecule has 128 valence electrons. The molecule has 0 spiro atoms. The second kappa shape index (κ2) is 6.19. The molecule has 1 aromatic carbocycles. The van der Waals surface area contributed by atoms with Crippen LogP contribution >= 0.6 is 0 Å². The summed E-state index contributed by atoms with van der Waals surface area (Å²) in [5.74, 6) is 1.81. The van der Waals surface area contributed by atoms with Crippen LogP contribution in [0.1, 0.15) is 44.6 Å². The van der Waals surface area contributed by atoms with Crippen molar-refractivity contribution in [3.05, 3.63) is 35.6 Å². The zero-order valence-corrected chi connectivity index (χ0v) is 13.9. The molecule has 2 saturated carbocycles. The van der Waals surface area contributed by atoms with Crippen LogP contribution in [0.25, 0.3) is 0 Å². The van der Waals surface area contributed by atoms with E-state index in [1.807, 2.05) is 0 Å². The molecule has 0 aromatic heterocycles. The molecule has 1 N–H and O–H groups in total. The quantitative estimate of drug-likeness (QED) is 0.921. The maximum Gasteiger partial charge on any atom is 0.264 e. The molecule has 5 atom stereocenters. The summed E-state index contributed by atoms with van der Waals surface area (Å²) in [6, 6.07) is 6.40. The fraction of sp³-hybridized carbons (Fsp3) is 0.579. The van der Waals surface area contributed by atoms with Crippen LogP contribution in [0.5, 0.6) is 0 Å². The largest absolute Gasteiger partial charge is 0.382 e. The van der Waals surface area contributed by atoms with Crippen LogP contribution in [0, 0.1) is 23.6 Å². The summed E-state index contributed by atoms with van der Waals surface area (Å²) >= 11 is 0. The van der Waals surface area contributed by atoms with Gasteiger partial charge in [-0.1, -0.05) is 23.7 Å². The van der Waals surface area contributed by atoms with Gasteiger partial charge in [0.1, 0.15) is 5.82 Å². The van der Waals surface area contributed by atoms with Gasteiger partial charge >= 0.3 is 0 Å². The summed E-state index contributed by atoms with van der Waals surface area (Å²) in [7, 11) is 0. The molecule has 4 nitrogen and oxygen atoms in total. The SMILES string of the molecule is CC(NC(=O)C1CC(c2cccc(F)c2)=NO1)C1CC2CCC1C2. The molecule has 5 unspecified atom stereocenters. The van der Waals surface area contributed by atoms with Gasteiger partial charge in [-0.3, -0.25) is 4.79 Å². The van der Waals surface area contributed by atoms with Gasteiger partial charge in [0.2, 0.25) is 6.10 Å². The van der Waals surface area contributed by atoms with Crippen molar-refractivity contribution in [2.75, 3.05) is 0 Å². The molecule has 0 saturated heterocycles. The first kappa shape index (κ1) is 15.6. The van der Waals surface area contributed by atoms with Gasteiger partial charge in [0, 0.05) is 18.0 Å². The Labute approximate surface area is 141 Å². The molecule has 1 heterocycles. The van der Waals surface area contributed by atoms with E-state index in [-0.39, 0.29) is 17.8 Å². The number of fused-ring (bicyclic) bond motifs is 2. The van der Waals surface area contributed by atoms with Crippen LogP contribution in [0.15, 0.2) is 29.4 Å². The molecule has 2 fully saturated rings. The molecular weight excluding hydrogens is 307 g/mol. The van der Waals surface area contributed by atoms with E-state index in [9.17, 15) is 9.18 Å². The van der Waals surface area contributed by atoms with Gasteiger partial charge in [-0.25, -0.2) is 4.39 Å². The van der Waals surface area contributed by atoms with Crippen LogP contribution in [-0.2, 0) is 9.63 Å². The third-order valence-electron chi connectivity index (χ3n) is 5.92. The molecule has 1 amide bonds. The Balaban J connectivity index is 1.33. The molecule has 2 aliphatic carbocycles. The lowest BCUT2D eigenvalue weighted by atomic mass is 9.84. The minimum absolute atomic E-state index is 0.111. The van der Waals surface area contributed by atoms with Gasteiger partial charge in [-0.15, -0.1) is 0 Å². The van der Waals surface area contributed by atoms with E-state index in [1.165, 1.54) is 37.8 Å². The number of carbonyl (C=O) groups excluding carboxylic acids is 1. The van der Waals surface area contributed by atoms with Gasteiger partial charge < -0.3 is 10.2 Å². The predicted molar refractivity (Wildman–Crippen MR) is 89.0 cm³/mol. The van der Waals surface area contributed by atoms with Crippen molar-refractivity contribution in [3.63, 3.8) is 0 Å². The summed E-state index contributed by atoms with van der Waals surface area (Å²) in [6.07, 6.45) is 5.02. The Bertz CT molecular complexity index is 675. The van der Waals surface area contributed by atoms with E-state index in [4.69, 9.17) is 4.84 Å². The van der Waals surface area contributed by atoms with Crippen molar-refractivity contribution < 1.29 is 14.0 Å². The van der Waals surface area contributed by atoms with E-state index in [2.05, 4.69) is 17.4 Å². The molecule has 2 bridgehead atoms. The topological polar surface area (TPSA) is 50.7 Å². The standard InChI is InChI=1S/C19H23FN2O2/c1-11(16-8-12-5-6-13(16)7-12)21-19(23)18-10-17(22-24-18)14-3-2-4-15(20)9-14/h2-4,9,11-13,16,18H,5-8,10H2,1H3,(H,21,23). The maximum absolute atomic E-state index is 13.3. The van der Waals surface area contributed by atoms with Crippen LogP contribution in [0.4, 0.5) is 4.39 Å². The van der Waals surface area contributed by atoms with Gasteiger partial charge in [-0.05, 0) is 56.1 Å². The highest BCUT2D eigenvalue weighted by molar-refractivity contribution is 6.04. The van der Waals surface area contributed by atoms with Gasteiger partial charge in [0.15, 0.2) is 0 Å². The number of amides is 1. The number of hydrogen-bond donors (Lipinski definition) is 1. The molecule has 5 heteroatoms. The second-order valence-corrected chi connectivity index (χ2v) is 7.48. The van der Waals surface area contributed by atoms with Crippen LogP contribution in [0.3, 0.4) is 0 Å². The van der Waals surface area contributed by atoms with E-state index >= 15 is 0 Å².